The van der Waals surface area contributed by atoms with Crippen LogP contribution in [0.25, 0.3) is 0 Å². The SMILES string of the molecule is CCCCN(C)C(=O)C(C)N1C(=O)C2CCCCC2C1=O. The van der Waals surface area contributed by atoms with Crippen LogP contribution in [0, 0.1) is 11.8 Å². The lowest BCUT2D eigenvalue weighted by Crippen LogP contribution is -2.49. The van der Waals surface area contributed by atoms with E-state index in [-0.39, 0.29) is 29.6 Å². The van der Waals surface area contributed by atoms with Crippen molar-refractivity contribution in [2.75, 3.05) is 13.6 Å². The van der Waals surface area contributed by atoms with Gasteiger partial charge in [0.05, 0.1) is 11.8 Å². The largest absolute Gasteiger partial charge is 0.344 e. The van der Waals surface area contributed by atoms with Crippen molar-refractivity contribution in [1.29, 1.82) is 0 Å². The van der Waals surface area contributed by atoms with Crippen molar-refractivity contribution in [3.05, 3.63) is 0 Å². The number of carbonyl (C=O) groups is 3. The van der Waals surface area contributed by atoms with E-state index in [0.717, 1.165) is 38.5 Å². The van der Waals surface area contributed by atoms with Crippen molar-refractivity contribution in [2.24, 2.45) is 11.8 Å². The van der Waals surface area contributed by atoms with Crippen LogP contribution in [0.5, 0.6) is 0 Å². The second kappa shape index (κ2) is 6.58. The van der Waals surface area contributed by atoms with E-state index in [2.05, 4.69) is 6.92 Å². The molecule has 1 saturated heterocycles. The monoisotopic (exact) mass is 294 g/mol. The number of rotatable bonds is 5. The summed E-state index contributed by atoms with van der Waals surface area (Å²) >= 11 is 0. The molecule has 3 amide bonds. The minimum absolute atomic E-state index is 0.130. The summed E-state index contributed by atoms with van der Waals surface area (Å²) < 4.78 is 0. The van der Waals surface area contributed by atoms with Crippen LogP contribution in [0.3, 0.4) is 0 Å². The standard InChI is InChI=1S/C16H26N2O3/c1-4-5-10-17(3)14(19)11(2)18-15(20)12-8-6-7-9-13(12)16(18)21/h11-13H,4-10H2,1-3H3. The summed E-state index contributed by atoms with van der Waals surface area (Å²) in [5.41, 5.74) is 0. The molecule has 118 valence electrons. The highest BCUT2D eigenvalue weighted by Crippen LogP contribution is 2.38. The number of likely N-dealkylation sites (tertiary alicyclic amines) is 1. The van der Waals surface area contributed by atoms with Crippen LogP contribution in [-0.2, 0) is 14.4 Å². The summed E-state index contributed by atoms with van der Waals surface area (Å²) in [5.74, 6) is -0.752. The van der Waals surface area contributed by atoms with Crippen molar-refractivity contribution in [3.63, 3.8) is 0 Å². The van der Waals surface area contributed by atoms with Gasteiger partial charge in [0.25, 0.3) is 0 Å². The number of nitrogens with zero attached hydrogens (tertiary/aromatic N) is 2. The number of unbranched alkanes of at least 4 members (excludes halogenated alkanes) is 1. The average molecular weight is 294 g/mol. The molecule has 0 aromatic heterocycles. The van der Waals surface area contributed by atoms with Crippen LogP contribution < -0.4 is 0 Å². The molecule has 0 N–H and O–H groups in total. The second-order valence-electron chi connectivity index (χ2n) is 6.33. The molecular formula is C16H26N2O3. The van der Waals surface area contributed by atoms with Crippen LogP contribution in [0.2, 0.25) is 0 Å². The molecule has 21 heavy (non-hydrogen) atoms. The fourth-order valence-electron chi connectivity index (χ4n) is 3.50. The topological polar surface area (TPSA) is 57.7 Å². The molecule has 2 fully saturated rings. The summed E-state index contributed by atoms with van der Waals surface area (Å²) in [4.78, 5) is 40.2. The maximum atomic E-state index is 12.5. The van der Waals surface area contributed by atoms with Gasteiger partial charge in [-0.2, -0.15) is 0 Å². The van der Waals surface area contributed by atoms with Crippen molar-refractivity contribution >= 4 is 17.7 Å². The maximum Gasteiger partial charge on any atom is 0.245 e. The van der Waals surface area contributed by atoms with Gasteiger partial charge in [0, 0.05) is 13.6 Å². The molecule has 3 atom stereocenters. The molecule has 5 nitrogen and oxygen atoms in total. The van der Waals surface area contributed by atoms with Gasteiger partial charge in [-0.05, 0) is 26.2 Å². The zero-order valence-corrected chi connectivity index (χ0v) is 13.3. The van der Waals surface area contributed by atoms with E-state index in [1.54, 1.807) is 18.9 Å². The number of imide groups is 1. The predicted molar refractivity (Wildman–Crippen MR) is 79.3 cm³/mol. The molecule has 0 bridgehead atoms. The summed E-state index contributed by atoms with van der Waals surface area (Å²) in [6.45, 7) is 4.42. The number of carbonyl (C=O) groups excluding carboxylic acids is 3. The summed E-state index contributed by atoms with van der Waals surface area (Å²) in [7, 11) is 1.74. The molecule has 0 spiro atoms. The predicted octanol–water partition coefficient (Wildman–Crippen LogP) is 1.81. The van der Waals surface area contributed by atoms with Gasteiger partial charge in [-0.1, -0.05) is 26.2 Å². The van der Waals surface area contributed by atoms with Gasteiger partial charge >= 0.3 is 0 Å². The first kappa shape index (κ1) is 16.0. The number of hydrogen-bond acceptors (Lipinski definition) is 3. The number of hydrogen-bond donors (Lipinski definition) is 0. The van der Waals surface area contributed by atoms with Crippen LogP contribution in [0.4, 0.5) is 0 Å². The number of amides is 3. The third-order valence-electron chi connectivity index (χ3n) is 4.84. The lowest BCUT2D eigenvalue weighted by molar-refractivity contribution is -0.150. The van der Waals surface area contributed by atoms with E-state index in [4.69, 9.17) is 0 Å². The van der Waals surface area contributed by atoms with Gasteiger partial charge in [-0.3, -0.25) is 19.3 Å². The average Bonchev–Trinajstić information content (AvgIpc) is 2.75. The fraction of sp³-hybridized carbons (Fsp3) is 0.812. The summed E-state index contributed by atoms with van der Waals surface area (Å²) in [5, 5.41) is 0. The highest BCUT2D eigenvalue weighted by molar-refractivity contribution is 6.08. The van der Waals surface area contributed by atoms with Crippen LogP contribution in [-0.4, -0.2) is 47.2 Å². The quantitative estimate of drug-likeness (QED) is 0.727. The van der Waals surface area contributed by atoms with E-state index in [0.29, 0.717) is 6.54 Å². The normalized spacial score (nSPS) is 26.7. The van der Waals surface area contributed by atoms with Crippen molar-refractivity contribution in [1.82, 2.24) is 9.80 Å². The molecule has 0 aromatic carbocycles. The first-order valence-corrected chi connectivity index (χ1v) is 8.11. The maximum absolute atomic E-state index is 12.5. The molecule has 1 saturated carbocycles. The van der Waals surface area contributed by atoms with E-state index >= 15 is 0 Å². The Hall–Kier alpha value is -1.39. The third-order valence-corrected chi connectivity index (χ3v) is 4.84. The van der Waals surface area contributed by atoms with Crippen LogP contribution in [0.15, 0.2) is 0 Å². The van der Waals surface area contributed by atoms with Crippen molar-refractivity contribution in [2.45, 2.75) is 58.4 Å². The molecule has 0 radical (unpaired) electrons. The van der Waals surface area contributed by atoms with Crippen LogP contribution >= 0.6 is 0 Å². The fourth-order valence-corrected chi connectivity index (χ4v) is 3.50. The Balaban J connectivity index is 2.08. The third kappa shape index (κ3) is 2.97. The van der Waals surface area contributed by atoms with E-state index in [9.17, 15) is 14.4 Å². The van der Waals surface area contributed by atoms with Gasteiger partial charge < -0.3 is 4.90 Å². The molecule has 2 aliphatic rings. The minimum Gasteiger partial charge on any atom is -0.344 e. The van der Waals surface area contributed by atoms with E-state index in [1.165, 1.54) is 4.90 Å². The Morgan fingerprint density at radius 2 is 1.76 bits per heavy atom. The summed E-state index contributed by atoms with van der Waals surface area (Å²) in [6.07, 6.45) is 5.54. The molecule has 2 rings (SSSR count). The van der Waals surface area contributed by atoms with Gasteiger partial charge in [0.1, 0.15) is 6.04 Å². The van der Waals surface area contributed by atoms with Crippen molar-refractivity contribution < 1.29 is 14.4 Å². The van der Waals surface area contributed by atoms with Crippen LogP contribution in [0.1, 0.15) is 52.4 Å². The lowest BCUT2D eigenvalue weighted by atomic mass is 9.81. The van der Waals surface area contributed by atoms with Gasteiger partial charge in [-0.25, -0.2) is 0 Å². The Bertz CT molecular complexity index is 411. The van der Waals surface area contributed by atoms with Crippen molar-refractivity contribution in [3.8, 4) is 0 Å². The van der Waals surface area contributed by atoms with E-state index < -0.39 is 6.04 Å². The number of likely N-dealkylation sites (N-methyl/N-ethyl adjacent to an activating group) is 1. The Kier molecular flexibility index (Phi) is 5.01. The Labute approximate surface area is 126 Å². The highest BCUT2D eigenvalue weighted by Gasteiger charge is 2.51. The highest BCUT2D eigenvalue weighted by atomic mass is 16.2. The molecule has 5 heteroatoms. The van der Waals surface area contributed by atoms with Gasteiger partial charge in [0.2, 0.25) is 17.7 Å². The van der Waals surface area contributed by atoms with E-state index in [1.807, 2.05) is 0 Å². The molecular weight excluding hydrogens is 268 g/mol. The first-order valence-electron chi connectivity index (χ1n) is 8.11. The smallest absolute Gasteiger partial charge is 0.245 e. The zero-order chi connectivity index (χ0) is 15.6. The Morgan fingerprint density at radius 1 is 1.24 bits per heavy atom. The first-order chi connectivity index (χ1) is 9.99. The molecule has 3 unspecified atom stereocenters. The van der Waals surface area contributed by atoms with Gasteiger partial charge in [0.15, 0.2) is 0 Å². The van der Waals surface area contributed by atoms with Gasteiger partial charge in [-0.15, -0.1) is 0 Å². The molecule has 0 aromatic rings. The summed E-state index contributed by atoms with van der Waals surface area (Å²) in [6, 6.07) is -0.669. The Morgan fingerprint density at radius 3 is 2.24 bits per heavy atom. The zero-order valence-electron chi connectivity index (χ0n) is 13.3. The molecule has 1 aliphatic carbocycles. The second-order valence-corrected chi connectivity index (χ2v) is 6.33. The minimum atomic E-state index is -0.669. The number of fused-ring (bicyclic) bond motifs is 1. The molecule has 1 heterocycles. The lowest BCUT2D eigenvalue weighted by Gasteiger charge is -2.27. The molecule has 1 aliphatic heterocycles.